The molecule has 13 heteroatoms. The third-order valence-corrected chi connectivity index (χ3v) is 12.7. The molecule has 0 spiro atoms. The van der Waals surface area contributed by atoms with E-state index in [0.29, 0.717) is 22.4 Å². The summed E-state index contributed by atoms with van der Waals surface area (Å²) in [7, 11) is -5.16. The number of carbonyl (C=O) groups excluding carboxylic acids is 1. The lowest BCUT2D eigenvalue weighted by atomic mass is 9.99. The summed E-state index contributed by atoms with van der Waals surface area (Å²) in [6, 6.07) is 13.4. The number of nitrogens with one attached hydrogen (secondary N) is 2. The Morgan fingerprint density at radius 1 is 1.16 bits per heavy atom. The number of aromatic nitrogens is 2. The molecule has 2 N–H and O–H groups in total. The quantitative estimate of drug-likeness (QED) is 0.0580. The van der Waals surface area contributed by atoms with Crippen LogP contribution >= 0.6 is 23.1 Å². The zero-order valence-corrected chi connectivity index (χ0v) is 29.9. The lowest BCUT2D eigenvalue weighted by Crippen LogP contribution is -2.36. The molecule has 4 aromatic rings. The molecule has 0 saturated heterocycles. The molecule has 0 saturated carbocycles. The minimum atomic E-state index is -3.96. The number of thiophene rings is 1. The summed E-state index contributed by atoms with van der Waals surface area (Å²) < 4.78 is 41.7. The Balaban J connectivity index is 1.65. The van der Waals surface area contributed by atoms with Crippen molar-refractivity contribution in [3.63, 3.8) is 0 Å². The lowest BCUT2D eigenvalue weighted by molar-refractivity contribution is 0.0563. The zero-order chi connectivity index (χ0) is 32.4. The molecule has 2 aromatic heterocycles. The van der Waals surface area contributed by atoms with Crippen LogP contribution in [0.2, 0.25) is 25.7 Å². The van der Waals surface area contributed by atoms with Gasteiger partial charge in [-0.05, 0) is 75.4 Å². The van der Waals surface area contributed by atoms with Crippen LogP contribution in [0, 0.1) is 12.3 Å². The molecular weight excluding hydrogens is 633 g/mol. The second-order valence-electron chi connectivity index (χ2n) is 12.7. The van der Waals surface area contributed by atoms with Gasteiger partial charge in [0.2, 0.25) is 9.84 Å². The first-order chi connectivity index (χ1) is 20.5. The van der Waals surface area contributed by atoms with Crippen molar-refractivity contribution < 1.29 is 22.7 Å². The van der Waals surface area contributed by atoms with Gasteiger partial charge in [-0.25, -0.2) is 18.2 Å². The van der Waals surface area contributed by atoms with Crippen LogP contribution in [0.1, 0.15) is 31.2 Å². The summed E-state index contributed by atoms with van der Waals surface area (Å²) in [6.07, 6.45) is 2.77. The molecule has 2 heterocycles. The van der Waals surface area contributed by atoms with E-state index in [1.807, 2.05) is 29.7 Å². The molecule has 0 aliphatic rings. The average Bonchev–Trinajstić information content (AvgIpc) is 3.54. The fourth-order valence-corrected chi connectivity index (χ4v) is 9.17. The maximum Gasteiger partial charge on any atom is 0.413 e. The zero-order valence-electron chi connectivity index (χ0n) is 26.4. The average molecular weight is 673 g/mol. The first-order valence-corrected chi connectivity index (χ1v) is 21.4. The molecule has 1 amide bonds. The molecule has 44 heavy (non-hydrogen) atoms. The van der Waals surface area contributed by atoms with Crippen molar-refractivity contribution in [3.05, 3.63) is 59.2 Å². The fourth-order valence-electron chi connectivity index (χ4n) is 4.46. The smallest absolute Gasteiger partial charge is 0.413 e. The van der Waals surface area contributed by atoms with E-state index in [-0.39, 0.29) is 15.6 Å². The number of carbonyl (C=O) groups is 1. The van der Waals surface area contributed by atoms with E-state index in [4.69, 9.17) is 19.9 Å². The van der Waals surface area contributed by atoms with E-state index in [1.54, 1.807) is 51.6 Å². The highest BCUT2D eigenvalue weighted by Crippen LogP contribution is 2.39. The van der Waals surface area contributed by atoms with Gasteiger partial charge in [0.1, 0.15) is 18.2 Å². The van der Waals surface area contributed by atoms with Gasteiger partial charge in [-0.2, -0.15) is 0 Å². The molecule has 0 atom stereocenters. The number of alkyl carbamates (subject to hydrolysis) is 1. The molecule has 0 aliphatic heterocycles. The fraction of sp³-hybridized carbons (Fsp3) is 0.387. The number of ether oxygens (including phenoxy) is 2. The highest BCUT2D eigenvalue weighted by atomic mass is 32.2. The standard InChI is InChI=1S/C31H40N4O5S3Si/c1-20-12-13-23-27(33-18-35(23)19-39-14-15-44(6,7)8)26(20)21-10-9-11-22(16-21)43(37,38)25-17-24(42-29(25)41-5)28(32)34-30(36)40-31(2,3)4/h9-13,16-18H,14-15,19H2,1-8H3,(H2,32,34,36). The Morgan fingerprint density at radius 3 is 2.55 bits per heavy atom. The number of hydrogen-bond donors (Lipinski definition) is 2. The number of nitrogens with zero attached hydrogens (tertiary/aromatic N) is 2. The first kappa shape index (κ1) is 33.9. The minimum Gasteiger partial charge on any atom is -0.444 e. The van der Waals surface area contributed by atoms with Gasteiger partial charge in [-0.3, -0.25) is 10.7 Å². The van der Waals surface area contributed by atoms with Gasteiger partial charge < -0.3 is 14.0 Å². The van der Waals surface area contributed by atoms with E-state index in [2.05, 4.69) is 25.0 Å². The van der Waals surface area contributed by atoms with Crippen molar-refractivity contribution in [1.29, 1.82) is 5.41 Å². The van der Waals surface area contributed by atoms with Crippen LogP contribution in [0.15, 0.2) is 62.8 Å². The van der Waals surface area contributed by atoms with Crippen LogP contribution in [-0.2, 0) is 26.0 Å². The SMILES string of the molecule is CSc1sc(C(=N)NC(=O)OC(C)(C)C)cc1S(=O)(=O)c1cccc(-c2c(C)ccc3c2ncn3COCC[Si](C)(C)C)c1. The normalized spacial score (nSPS) is 12.5. The van der Waals surface area contributed by atoms with Gasteiger partial charge >= 0.3 is 6.09 Å². The molecule has 0 bridgehead atoms. The Bertz CT molecular complexity index is 1800. The van der Waals surface area contributed by atoms with Gasteiger partial charge in [-0.15, -0.1) is 23.1 Å². The van der Waals surface area contributed by atoms with Crippen molar-refractivity contribution in [2.45, 2.75) is 79.7 Å². The minimum absolute atomic E-state index is 0.0903. The van der Waals surface area contributed by atoms with Crippen LogP contribution < -0.4 is 5.32 Å². The Hall–Kier alpha value is -2.97. The molecule has 4 rings (SSSR count). The molecule has 0 fully saturated rings. The predicted octanol–water partition coefficient (Wildman–Crippen LogP) is 7.79. The molecule has 0 radical (unpaired) electrons. The van der Waals surface area contributed by atoms with Gasteiger partial charge in [0.25, 0.3) is 0 Å². The summed E-state index contributed by atoms with van der Waals surface area (Å²) >= 11 is 2.41. The summed E-state index contributed by atoms with van der Waals surface area (Å²) in [5, 5.41) is 10.8. The molecular formula is C31H40N4O5S3Si. The highest BCUT2D eigenvalue weighted by molar-refractivity contribution is 8.01. The topological polar surface area (TPSA) is 123 Å². The monoisotopic (exact) mass is 672 g/mol. The molecule has 0 aliphatic carbocycles. The van der Waals surface area contributed by atoms with Gasteiger partial charge in [0.15, 0.2) is 0 Å². The van der Waals surface area contributed by atoms with Gasteiger partial charge in [0, 0.05) is 20.2 Å². The van der Waals surface area contributed by atoms with Gasteiger partial charge in [0.05, 0.1) is 36.2 Å². The van der Waals surface area contributed by atoms with E-state index in [0.717, 1.165) is 45.1 Å². The van der Waals surface area contributed by atoms with Crippen LogP contribution in [-0.4, -0.2) is 56.4 Å². The van der Waals surface area contributed by atoms with E-state index in [9.17, 15) is 13.2 Å². The number of aryl methyl sites for hydroxylation is 1. The number of hydrogen-bond acceptors (Lipinski definition) is 9. The Morgan fingerprint density at radius 2 is 1.89 bits per heavy atom. The molecule has 236 valence electrons. The van der Waals surface area contributed by atoms with E-state index >= 15 is 0 Å². The predicted molar refractivity (Wildman–Crippen MR) is 182 cm³/mol. The summed E-state index contributed by atoms with van der Waals surface area (Å²) in [4.78, 5) is 17.4. The van der Waals surface area contributed by atoms with Crippen molar-refractivity contribution in [1.82, 2.24) is 14.9 Å². The first-order valence-electron chi connectivity index (χ1n) is 14.1. The highest BCUT2D eigenvalue weighted by Gasteiger charge is 2.27. The lowest BCUT2D eigenvalue weighted by Gasteiger charge is -2.19. The second-order valence-corrected chi connectivity index (χ2v) is 22.4. The molecule has 0 unspecified atom stereocenters. The number of amidine groups is 1. The number of rotatable bonds is 10. The van der Waals surface area contributed by atoms with Crippen molar-refractivity contribution in [3.8, 4) is 11.1 Å². The van der Waals surface area contributed by atoms with Gasteiger partial charge in [-0.1, -0.05) is 37.8 Å². The van der Waals surface area contributed by atoms with Crippen molar-refractivity contribution in [2.24, 2.45) is 0 Å². The van der Waals surface area contributed by atoms with Crippen molar-refractivity contribution in [2.75, 3.05) is 12.9 Å². The van der Waals surface area contributed by atoms with E-state index in [1.165, 1.54) is 17.8 Å². The summed E-state index contributed by atoms with van der Waals surface area (Å²) in [6.45, 7) is 15.2. The van der Waals surface area contributed by atoms with Crippen LogP contribution in [0.4, 0.5) is 4.79 Å². The Kier molecular flexibility index (Phi) is 10.2. The number of benzene rings is 2. The number of sulfone groups is 1. The van der Waals surface area contributed by atoms with Crippen LogP contribution in [0.5, 0.6) is 0 Å². The van der Waals surface area contributed by atoms with E-state index < -0.39 is 29.6 Å². The maximum atomic E-state index is 14.0. The third-order valence-electron chi connectivity index (χ3n) is 6.67. The maximum absolute atomic E-state index is 14.0. The number of amides is 1. The second kappa shape index (κ2) is 13.2. The summed E-state index contributed by atoms with van der Waals surface area (Å²) in [5.41, 5.74) is 3.53. The van der Waals surface area contributed by atoms with Crippen LogP contribution in [0.25, 0.3) is 22.2 Å². The number of imidazole rings is 1. The molecule has 9 nitrogen and oxygen atoms in total. The number of thioether (sulfide) groups is 1. The third kappa shape index (κ3) is 7.99. The summed E-state index contributed by atoms with van der Waals surface area (Å²) in [5.74, 6) is -0.225. The number of fused-ring (bicyclic) bond motifs is 1. The van der Waals surface area contributed by atoms with Crippen molar-refractivity contribution >= 4 is 64.0 Å². The largest absolute Gasteiger partial charge is 0.444 e. The van der Waals surface area contributed by atoms with Crippen LogP contribution in [0.3, 0.4) is 0 Å². The molecule has 2 aromatic carbocycles. The Labute approximate surface area is 268 Å².